The Morgan fingerprint density at radius 1 is 0.331 bits per heavy atom. The Labute approximate surface area is 797 Å². The minimum absolute atomic E-state index is 0. The van der Waals surface area contributed by atoms with Gasteiger partial charge < -0.3 is 48.2 Å². The van der Waals surface area contributed by atoms with E-state index in [4.69, 9.17) is 49.8 Å². The molecule has 0 aliphatic rings. The maximum Gasteiger partial charge on any atom is 0.155 e. The number of aromatic nitrogens is 8. The number of aliphatic hydroxyl groups is 4. The van der Waals surface area contributed by atoms with E-state index < -0.39 is 0 Å². The van der Waals surface area contributed by atoms with Crippen LogP contribution in [0.15, 0.2) is 309 Å². The maximum absolute atomic E-state index is 10.0. The second kappa shape index (κ2) is 51.2. The summed E-state index contributed by atoms with van der Waals surface area (Å²) >= 11 is 0. The Morgan fingerprint density at radius 3 is 0.992 bits per heavy atom. The third kappa shape index (κ3) is 32.5. The molecule has 8 aromatic carbocycles. The number of aryl methyl sites for hydroxylation is 7. The molecule has 0 atom stereocenters. The van der Waals surface area contributed by atoms with Crippen molar-refractivity contribution in [1.29, 1.82) is 0 Å². The molecule has 127 heavy (non-hydrogen) atoms. The maximum atomic E-state index is 10.0. The first kappa shape index (κ1) is 105. The SMILES string of the molecule is CC(=O)C=C(C)O.CC(=O)C=C(C)O.CC(=O)C=C(C)O.CC(=O)C=C(C)O.COc1cc2ccc(-n3cccc3)cc2nc1-c1[c-]c(C)cc(C)c1.COc1cc[c-]c(-c2ccc3ccc(-n4cccc4)cc3n2)c1.Cc1[c-]c(-c2nc3cc(-n4cccc4)ccc3cc2C)cc(C)c1.Cc1c[c-]c(-c2ccc3ccc(-n4cccc4)cc3n2)cc1C.[Ir].[Ir].[Ir].[Ir]. The number of hydrogen-bond acceptors (Lipinski definition) is 14. The summed E-state index contributed by atoms with van der Waals surface area (Å²) in [5, 5.41) is 37.9. The van der Waals surface area contributed by atoms with Gasteiger partial charge in [-0.25, -0.2) is 0 Å². The van der Waals surface area contributed by atoms with E-state index in [-0.39, 0.29) is 127 Å². The minimum atomic E-state index is -0.125. The summed E-state index contributed by atoms with van der Waals surface area (Å²) in [6.07, 6.45) is 21.0. The molecule has 0 unspecified atom stereocenters. The molecule has 0 fully saturated rings. The van der Waals surface area contributed by atoms with Crippen LogP contribution in [0.5, 0.6) is 11.5 Å². The molecule has 16 rings (SSSR count). The first-order valence-electron chi connectivity index (χ1n) is 39.6. The van der Waals surface area contributed by atoms with Crippen LogP contribution in [0.25, 0.3) is 111 Å². The van der Waals surface area contributed by atoms with Crippen LogP contribution < -0.4 is 9.47 Å². The first-order chi connectivity index (χ1) is 58.8. The zero-order chi connectivity index (χ0) is 89.0. The summed E-state index contributed by atoms with van der Waals surface area (Å²) < 4.78 is 19.2. The molecule has 22 heteroatoms. The van der Waals surface area contributed by atoms with Gasteiger partial charge in [-0.3, -0.25) is 39.1 Å². The number of nitrogens with zero attached hydrogens (tertiary/aromatic N) is 8. The molecule has 0 spiro atoms. The number of allylic oxidation sites excluding steroid dienone is 8. The van der Waals surface area contributed by atoms with Gasteiger partial charge in [0, 0.05) is 194 Å². The molecule has 4 N–H and O–H groups in total. The number of methoxy groups -OCH3 is 2. The van der Waals surface area contributed by atoms with Crippen LogP contribution >= 0.6 is 0 Å². The van der Waals surface area contributed by atoms with Gasteiger partial charge in [0.15, 0.2) is 23.1 Å². The third-order valence-electron chi connectivity index (χ3n) is 18.4. The van der Waals surface area contributed by atoms with E-state index in [0.29, 0.717) is 0 Å². The number of rotatable bonds is 14. The second-order valence-corrected chi connectivity index (χ2v) is 29.4. The zero-order valence-corrected chi connectivity index (χ0v) is 83.4. The summed E-state index contributed by atoms with van der Waals surface area (Å²) in [4.78, 5) is 59.6. The predicted molar refractivity (Wildman–Crippen MR) is 496 cm³/mol. The Kier molecular flexibility index (Phi) is 42.4. The number of benzene rings is 8. The molecule has 0 aliphatic heterocycles. The van der Waals surface area contributed by atoms with E-state index in [9.17, 15) is 19.2 Å². The average molecular weight is 2400 g/mol. The van der Waals surface area contributed by atoms with Crippen LogP contribution in [0.4, 0.5) is 0 Å². The molecule has 0 aliphatic carbocycles. The van der Waals surface area contributed by atoms with Crippen molar-refractivity contribution in [3.8, 4) is 79.3 Å². The number of carbonyl (C=O) groups is 4. The van der Waals surface area contributed by atoms with Crippen molar-refractivity contribution in [3.05, 3.63) is 372 Å². The van der Waals surface area contributed by atoms with Gasteiger partial charge in [0.05, 0.1) is 59.3 Å². The minimum Gasteiger partial charge on any atom is -0.516 e. The molecular formula is C105H102Ir4N8O10-4. The van der Waals surface area contributed by atoms with Crippen LogP contribution in [0.3, 0.4) is 0 Å². The number of ether oxygens (including phenoxy) is 2. The Morgan fingerprint density at radius 2 is 0.661 bits per heavy atom. The molecule has 18 nitrogen and oxygen atoms in total. The number of aliphatic hydroxyl groups excluding tert-OH is 4. The summed E-state index contributed by atoms with van der Waals surface area (Å²) in [6.45, 7) is 26.1. The fraction of sp³-hybridized carbons (Fsp3) is 0.162. The molecule has 8 heterocycles. The summed E-state index contributed by atoms with van der Waals surface area (Å²) in [6, 6.07) is 85.8. The largest absolute Gasteiger partial charge is 0.516 e. The van der Waals surface area contributed by atoms with E-state index in [0.717, 1.165) is 134 Å². The van der Waals surface area contributed by atoms with Crippen LogP contribution in [-0.4, -0.2) is 96.0 Å². The van der Waals surface area contributed by atoms with Crippen molar-refractivity contribution in [2.75, 3.05) is 14.2 Å². The molecule has 0 amide bonds. The van der Waals surface area contributed by atoms with E-state index in [2.05, 4.69) is 211 Å². The van der Waals surface area contributed by atoms with Gasteiger partial charge in [-0.15, -0.1) is 134 Å². The quantitative estimate of drug-likeness (QED) is 0.0450. The number of ketones is 4. The van der Waals surface area contributed by atoms with Gasteiger partial charge in [0.2, 0.25) is 0 Å². The smallest absolute Gasteiger partial charge is 0.155 e. The van der Waals surface area contributed by atoms with Gasteiger partial charge in [-0.05, 0) is 199 Å². The fourth-order valence-corrected chi connectivity index (χ4v) is 13.0. The van der Waals surface area contributed by atoms with Crippen molar-refractivity contribution in [2.24, 2.45) is 0 Å². The van der Waals surface area contributed by atoms with Crippen LogP contribution in [-0.2, 0) is 99.6 Å². The molecule has 0 bridgehead atoms. The van der Waals surface area contributed by atoms with E-state index >= 15 is 0 Å². The normalized spacial score (nSPS) is 10.7. The molecule has 8 aromatic heterocycles. The fourth-order valence-electron chi connectivity index (χ4n) is 13.0. The number of hydrogen-bond donors (Lipinski definition) is 4. The summed E-state index contributed by atoms with van der Waals surface area (Å²) in [7, 11) is 3.35. The monoisotopic (exact) mass is 2410 g/mol. The Bertz CT molecular complexity index is 6330. The number of pyridine rings is 4. The molecular weight excluding hydrogens is 2300 g/mol. The third-order valence-corrected chi connectivity index (χ3v) is 18.4. The van der Waals surface area contributed by atoms with Gasteiger partial charge in [0.1, 0.15) is 5.75 Å². The van der Waals surface area contributed by atoms with Gasteiger partial charge in [-0.2, -0.15) is 0 Å². The molecule has 662 valence electrons. The van der Waals surface area contributed by atoms with Crippen LogP contribution in [0, 0.1) is 72.7 Å². The average Bonchev–Trinajstić information content (AvgIpc) is 1.79. The molecule has 0 saturated heterocycles. The van der Waals surface area contributed by atoms with Gasteiger partial charge in [-0.1, -0.05) is 102 Å². The molecule has 0 saturated carbocycles. The molecule has 16 aromatic rings. The summed E-state index contributed by atoms with van der Waals surface area (Å²) in [5.74, 6) is 1.32. The van der Waals surface area contributed by atoms with E-state index in [1.54, 1.807) is 14.2 Å². The van der Waals surface area contributed by atoms with Crippen molar-refractivity contribution >= 4 is 66.7 Å². The van der Waals surface area contributed by atoms with Crippen molar-refractivity contribution < 1.29 is 129 Å². The van der Waals surface area contributed by atoms with Crippen molar-refractivity contribution in [2.45, 2.75) is 104 Å². The van der Waals surface area contributed by atoms with Gasteiger partial charge >= 0.3 is 0 Å². The van der Waals surface area contributed by atoms with Crippen LogP contribution in [0.2, 0.25) is 0 Å². The number of carbonyl (C=O) groups excluding carboxylic acids is 4. The van der Waals surface area contributed by atoms with Crippen LogP contribution in [0.1, 0.15) is 94.3 Å². The molecule has 4 radical (unpaired) electrons. The first-order valence-corrected chi connectivity index (χ1v) is 39.6. The van der Waals surface area contributed by atoms with Crippen molar-refractivity contribution in [3.63, 3.8) is 0 Å². The van der Waals surface area contributed by atoms with E-state index in [1.165, 1.54) is 108 Å². The summed E-state index contributed by atoms with van der Waals surface area (Å²) in [5.41, 5.74) is 24.4. The number of fused-ring (bicyclic) bond motifs is 4. The van der Waals surface area contributed by atoms with Gasteiger partial charge in [0.25, 0.3) is 0 Å². The second-order valence-electron chi connectivity index (χ2n) is 29.4. The van der Waals surface area contributed by atoms with E-state index in [1.807, 2.05) is 141 Å². The van der Waals surface area contributed by atoms with Crippen molar-refractivity contribution in [1.82, 2.24) is 38.2 Å². The standard InChI is InChI=1S/C22H19N2O.C22H19N2.C21H17N2.C20H15N2O.4C5H8O2.4Ir/c1-15-10-16(2)12-18(11-15)22-21(25-3)13-17-6-7-19(14-20(17)23-22)24-8-4-5-9-24;1-15-10-16(2)12-19(11-15)22-17(3)13-18-6-7-20(14-21(18)23-22)24-8-4-5-9-24;1-15-5-6-18(13-16(15)2)20-10-8-17-7-9-19(14-21(17)22-20)23-11-3-4-12-23;1-23-18-6-4-5-16(13-18)19-10-8-15-7-9-17(14-20(15)21-19)22-11-2-3-12-22;4*1-4(6)3-5(2)7;;;;/h4-11,13-14H,1-3H3;4-11,13-14H,1-3H3;3-5,7-14H,1-2H3;2-4,6-14H,1H3;4*3,6H,1-2H3;;;;/q4*-1;;;;;;;;. The Hall–Kier alpha value is -12.4. The topological polar surface area (TPSA) is 239 Å². The predicted octanol–water partition coefficient (Wildman–Crippen LogP) is 24.3. The Balaban J connectivity index is 0.000000270. The zero-order valence-electron chi connectivity index (χ0n) is 73.8.